The molecule has 0 aliphatic heterocycles. The van der Waals surface area contributed by atoms with Crippen molar-refractivity contribution in [3.63, 3.8) is 0 Å². The first-order chi connectivity index (χ1) is 17.4. The molecule has 1 fully saturated rings. The Balaban J connectivity index is 0.000000604. The number of nitrogens with one attached hydrogen (secondary N) is 1. The van der Waals surface area contributed by atoms with Gasteiger partial charge in [0.05, 0.1) is 11.0 Å². The maximum Gasteiger partial charge on any atom is 0.490 e. The van der Waals surface area contributed by atoms with Gasteiger partial charge < -0.3 is 9.84 Å². The SMILES string of the molecule is CO[C@H]1CC[C@H]([C@H](C(=O)NO)N(Cc2ccncc2)S(=O)(=O)c2ccccc2)CC1.O=C(O)C(F)(F)F. The zero-order valence-corrected chi connectivity index (χ0v) is 20.7. The fraction of sp³-hybridized carbons (Fsp3) is 0.435. The molecule has 14 heteroatoms. The van der Waals surface area contributed by atoms with E-state index in [0.29, 0.717) is 18.4 Å². The van der Waals surface area contributed by atoms with E-state index in [1.807, 2.05) is 0 Å². The number of rotatable bonds is 8. The lowest BCUT2D eigenvalue weighted by atomic mass is 9.82. The van der Waals surface area contributed by atoms with Crippen LogP contribution < -0.4 is 5.48 Å². The van der Waals surface area contributed by atoms with Crippen LogP contribution in [-0.4, -0.2) is 65.3 Å². The first-order valence-electron chi connectivity index (χ1n) is 11.1. The molecule has 204 valence electrons. The molecule has 0 bridgehead atoms. The number of hydroxylamine groups is 1. The molecule has 0 spiro atoms. The van der Waals surface area contributed by atoms with Crippen molar-refractivity contribution in [1.29, 1.82) is 0 Å². The molecule has 0 radical (unpaired) electrons. The highest BCUT2D eigenvalue weighted by Crippen LogP contribution is 2.34. The Kier molecular flexibility index (Phi) is 11.0. The quantitative estimate of drug-likeness (QED) is 0.338. The first kappa shape index (κ1) is 30.2. The number of alkyl halides is 3. The number of aromatic nitrogens is 1. The number of hydrogen-bond donors (Lipinski definition) is 3. The van der Waals surface area contributed by atoms with Crippen molar-refractivity contribution < 1.29 is 46.2 Å². The number of carbonyl (C=O) groups excluding carboxylic acids is 1. The molecule has 1 heterocycles. The summed E-state index contributed by atoms with van der Waals surface area (Å²) in [5.74, 6) is -3.74. The van der Waals surface area contributed by atoms with Crippen LogP contribution in [0.3, 0.4) is 0 Å². The Hall–Kier alpha value is -3.07. The third-order valence-electron chi connectivity index (χ3n) is 5.87. The van der Waals surface area contributed by atoms with Crippen LogP contribution in [0.2, 0.25) is 0 Å². The highest BCUT2D eigenvalue weighted by molar-refractivity contribution is 7.89. The number of carbonyl (C=O) groups is 2. The molecule has 0 saturated heterocycles. The van der Waals surface area contributed by atoms with Gasteiger partial charge in [-0.15, -0.1) is 0 Å². The van der Waals surface area contributed by atoms with Crippen LogP contribution in [0.5, 0.6) is 0 Å². The van der Waals surface area contributed by atoms with Gasteiger partial charge in [0, 0.05) is 26.0 Å². The average Bonchev–Trinajstić information content (AvgIpc) is 2.89. The maximum absolute atomic E-state index is 13.6. The zero-order chi connectivity index (χ0) is 27.6. The zero-order valence-electron chi connectivity index (χ0n) is 19.8. The topological polar surface area (TPSA) is 146 Å². The van der Waals surface area contributed by atoms with E-state index in [1.165, 1.54) is 16.4 Å². The number of sulfonamides is 1. The molecule has 2 aromatic rings. The number of benzene rings is 1. The van der Waals surface area contributed by atoms with Gasteiger partial charge in [-0.2, -0.15) is 17.5 Å². The Morgan fingerprint density at radius 1 is 1.11 bits per heavy atom. The third kappa shape index (κ3) is 8.49. The predicted octanol–water partition coefficient (Wildman–Crippen LogP) is 2.98. The molecule has 3 N–H and O–H groups in total. The van der Waals surface area contributed by atoms with E-state index in [2.05, 4.69) is 4.98 Å². The number of nitrogens with zero attached hydrogens (tertiary/aromatic N) is 2. The third-order valence-corrected chi connectivity index (χ3v) is 7.71. The summed E-state index contributed by atoms with van der Waals surface area (Å²) in [7, 11) is -2.36. The van der Waals surface area contributed by atoms with E-state index >= 15 is 0 Å². The largest absolute Gasteiger partial charge is 0.490 e. The number of aliphatic carboxylic acids is 1. The normalized spacial score (nSPS) is 18.9. The standard InChI is InChI=1S/C21H27N3O5S.C2HF3O2/c1-29-18-9-7-17(8-10-18)20(21(25)23-26)24(15-16-11-13-22-14-12-16)30(27,28)19-5-3-2-4-6-19;3-2(4,5)1(6)7/h2-6,11-14,17-18,20,26H,7-10,15H2,1H3,(H,23,25);(H,6,7)/t17-,18-,20-;/m1./s1. The Morgan fingerprint density at radius 2 is 1.65 bits per heavy atom. The lowest BCUT2D eigenvalue weighted by Crippen LogP contribution is -2.53. The van der Waals surface area contributed by atoms with Gasteiger partial charge in [0.15, 0.2) is 0 Å². The number of methoxy groups -OCH3 is 1. The second-order valence-corrected chi connectivity index (χ2v) is 10.1. The smallest absolute Gasteiger partial charge is 0.475 e. The van der Waals surface area contributed by atoms with Crippen LogP contribution in [0.1, 0.15) is 31.2 Å². The van der Waals surface area contributed by atoms with Crippen molar-refractivity contribution in [2.75, 3.05) is 7.11 Å². The predicted molar refractivity (Wildman–Crippen MR) is 124 cm³/mol. The molecule has 1 aromatic carbocycles. The van der Waals surface area contributed by atoms with Gasteiger partial charge >= 0.3 is 12.1 Å². The minimum Gasteiger partial charge on any atom is -0.475 e. The lowest BCUT2D eigenvalue weighted by Gasteiger charge is -2.38. The molecule has 1 aliphatic rings. The fourth-order valence-electron chi connectivity index (χ4n) is 4.02. The van der Waals surface area contributed by atoms with E-state index in [-0.39, 0.29) is 23.5 Å². The molecular weight excluding hydrogens is 519 g/mol. The lowest BCUT2D eigenvalue weighted by molar-refractivity contribution is -0.192. The van der Waals surface area contributed by atoms with Crippen molar-refractivity contribution >= 4 is 21.9 Å². The van der Waals surface area contributed by atoms with Crippen molar-refractivity contribution in [2.45, 2.75) is 55.4 Å². The highest BCUT2D eigenvalue weighted by Gasteiger charge is 2.42. The molecule has 1 aromatic heterocycles. The van der Waals surface area contributed by atoms with Crippen LogP contribution in [0.15, 0.2) is 59.8 Å². The summed E-state index contributed by atoms with van der Waals surface area (Å²) in [5, 5.41) is 16.6. The monoisotopic (exact) mass is 547 g/mol. The number of halogens is 3. The maximum atomic E-state index is 13.6. The van der Waals surface area contributed by atoms with Crippen LogP contribution in [0, 0.1) is 5.92 Å². The number of amides is 1. The van der Waals surface area contributed by atoms with Gasteiger partial charge in [0.25, 0.3) is 5.91 Å². The van der Waals surface area contributed by atoms with Crippen molar-refractivity contribution in [1.82, 2.24) is 14.8 Å². The van der Waals surface area contributed by atoms with Gasteiger partial charge in [-0.25, -0.2) is 18.7 Å². The summed E-state index contributed by atoms with van der Waals surface area (Å²) in [6.07, 6.45) is 0.858. The number of carboxylic acids is 1. The molecule has 1 amide bonds. The Bertz CT molecular complexity index is 1110. The van der Waals surface area contributed by atoms with E-state index in [0.717, 1.165) is 12.8 Å². The molecule has 1 atom stereocenters. The van der Waals surface area contributed by atoms with E-state index in [9.17, 15) is 31.6 Å². The Morgan fingerprint density at radius 3 is 2.11 bits per heavy atom. The summed E-state index contributed by atoms with van der Waals surface area (Å²) in [6, 6.07) is 10.4. The summed E-state index contributed by atoms with van der Waals surface area (Å²) in [5.41, 5.74) is 2.39. The summed E-state index contributed by atoms with van der Waals surface area (Å²) in [4.78, 5) is 25.7. The van der Waals surface area contributed by atoms with Gasteiger partial charge in [-0.3, -0.25) is 15.0 Å². The molecular formula is C23H28F3N3O7S. The van der Waals surface area contributed by atoms with Crippen LogP contribution in [0.25, 0.3) is 0 Å². The molecule has 3 rings (SSSR count). The number of hydrogen-bond acceptors (Lipinski definition) is 7. The van der Waals surface area contributed by atoms with Crippen molar-refractivity contribution in [3.05, 3.63) is 60.4 Å². The summed E-state index contributed by atoms with van der Waals surface area (Å²) < 4.78 is 65.5. The summed E-state index contributed by atoms with van der Waals surface area (Å²) in [6.45, 7) is -0.0119. The highest BCUT2D eigenvalue weighted by atomic mass is 32.2. The fourth-order valence-corrected chi connectivity index (χ4v) is 5.67. The van der Waals surface area contributed by atoms with Gasteiger partial charge in [-0.1, -0.05) is 18.2 Å². The minimum absolute atomic E-state index is 0.0119. The van der Waals surface area contributed by atoms with Gasteiger partial charge in [0.1, 0.15) is 6.04 Å². The van der Waals surface area contributed by atoms with E-state index in [1.54, 1.807) is 55.3 Å². The number of ether oxygens (including phenoxy) is 1. The second kappa shape index (κ2) is 13.5. The second-order valence-electron chi connectivity index (χ2n) is 8.22. The molecule has 1 aliphatic carbocycles. The molecule has 0 unspecified atom stereocenters. The minimum atomic E-state index is -5.08. The van der Waals surface area contributed by atoms with Crippen molar-refractivity contribution in [3.8, 4) is 0 Å². The molecule has 37 heavy (non-hydrogen) atoms. The number of carboxylic acid groups (broad SMARTS) is 1. The molecule has 10 nitrogen and oxygen atoms in total. The summed E-state index contributed by atoms with van der Waals surface area (Å²) >= 11 is 0. The van der Waals surface area contributed by atoms with Crippen LogP contribution in [0.4, 0.5) is 13.2 Å². The van der Waals surface area contributed by atoms with Crippen molar-refractivity contribution in [2.24, 2.45) is 5.92 Å². The Labute approximate surface area is 212 Å². The average molecular weight is 548 g/mol. The van der Waals surface area contributed by atoms with Gasteiger partial charge in [-0.05, 0) is 61.4 Å². The van der Waals surface area contributed by atoms with Crippen LogP contribution >= 0.6 is 0 Å². The van der Waals surface area contributed by atoms with E-state index in [4.69, 9.17) is 14.6 Å². The van der Waals surface area contributed by atoms with Gasteiger partial charge in [0.2, 0.25) is 10.0 Å². The number of pyridine rings is 1. The van der Waals surface area contributed by atoms with E-state index < -0.39 is 34.1 Å². The van der Waals surface area contributed by atoms with Crippen LogP contribution in [-0.2, 0) is 30.9 Å². The first-order valence-corrected chi connectivity index (χ1v) is 12.6. The molecule has 1 saturated carbocycles.